The number of aliphatic hydroxyl groups is 1. The first kappa shape index (κ1) is 30.2. The van der Waals surface area contributed by atoms with Crippen molar-refractivity contribution in [2.75, 3.05) is 39.4 Å². The zero-order chi connectivity index (χ0) is 28.2. The summed E-state index contributed by atoms with van der Waals surface area (Å²) < 4.78 is 11.6. The van der Waals surface area contributed by atoms with Gasteiger partial charge < -0.3 is 24.4 Å². The first-order valence-corrected chi connectivity index (χ1v) is 14.4. The van der Waals surface area contributed by atoms with Crippen LogP contribution in [0.5, 0.6) is 11.5 Å². The lowest BCUT2D eigenvalue weighted by Crippen LogP contribution is -2.33. The number of rotatable bonds is 16. The second-order valence-corrected chi connectivity index (χ2v) is 9.87. The molecule has 2 aromatic rings. The number of amides is 1. The molecule has 1 heterocycles. The Balaban J connectivity index is 1.93. The molecule has 1 aliphatic heterocycles. The minimum atomic E-state index is -0.674. The minimum Gasteiger partial charge on any atom is -0.507 e. The van der Waals surface area contributed by atoms with Crippen LogP contribution >= 0.6 is 0 Å². The Bertz CT molecular complexity index is 1090. The summed E-state index contributed by atoms with van der Waals surface area (Å²) >= 11 is 0. The maximum absolute atomic E-state index is 13.3. The van der Waals surface area contributed by atoms with Crippen LogP contribution in [0.3, 0.4) is 0 Å². The van der Waals surface area contributed by atoms with E-state index in [0.29, 0.717) is 31.1 Å². The molecule has 0 radical (unpaired) electrons. The normalized spacial score (nSPS) is 16.7. The number of aliphatic hydroxyl groups excluding tert-OH is 1. The number of likely N-dealkylation sites (tertiary alicyclic amines) is 1. The number of carbonyl (C=O) groups is 2. The highest BCUT2D eigenvalue weighted by molar-refractivity contribution is 6.46. The number of ketones is 1. The van der Waals surface area contributed by atoms with Gasteiger partial charge >= 0.3 is 0 Å². The monoisotopic (exact) mass is 536 g/mol. The van der Waals surface area contributed by atoms with Crippen molar-refractivity contribution < 1.29 is 24.2 Å². The molecule has 3 rings (SSSR count). The van der Waals surface area contributed by atoms with Gasteiger partial charge in [0.25, 0.3) is 11.7 Å². The molecule has 0 aliphatic carbocycles. The number of hydrogen-bond acceptors (Lipinski definition) is 6. The van der Waals surface area contributed by atoms with E-state index in [1.807, 2.05) is 24.3 Å². The lowest BCUT2D eigenvalue weighted by molar-refractivity contribution is -0.140. The van der Waals surface area contributed by atoms with Crippen LogP contribution < -0.4 is 9.47 Å². The molecule has 1 N–H and O–H groups in total. The van der Waals surface area contributed by atoms with Crippen molar-refractivity contribution in [1.29, 1.82) is 0 Å². The topological polar surface area (TPSA) is 79.3 Å². The standard InChI is InChI=1S/C32H44N2O5/c1-5-9-22-38-26-16-12-24(13-17-26)29-28(30(35)25-14-18-27(19-15-25)39-23-10-6-2)31(36)32(37)34(29)21-11-20-33(7-3)8-4/h12-19,29,35H,5-11,20-23H2,1-4H3. The van der Waals surface area contributed by atoms with Gasteiger partial charge in [0, 0.05) is 12.1 Å². The van der Waals surface area contributed by atoms with E-state index in [0.717, 1.165) is 63.1 Å². The van der Waals surface area contributed by atoms with E-state index in [1.165, 1.54) is 0 Å². The molecule has 1 saturated heterocycles. The maximum atomic E-state index is 13.3. The van der Waals surface area contributed by atoms with Crippen LogP contribution in [0.25, 0.3) is 5.76 Å². The number of benzene rings is 2. The third-order valence-corrected chi connectivity index (χ3v) is 7.16. The van der Waals surface area contributed by atoms with Crippen molar-refractivity contribution in [3.8, 4) is 11.5 Å². The molecule has 0 spiro atoms. The highest BCUT2D eigenvalue weighted by Gasteiger charge is 2.45. The lowest BCUT2D eigenvalue weighted by atomic mass is 9.95. The molecular formula is C32H44N2O5. The minimum absolute atomic E-state index is 0.113. The number of hydrogen-bond donors (Lipinski definition) is 1. The first-order valence-electron chi connectivity index (χ1n) is 14.4. The van der Waals surface area contributed by atoms with Gasteiger partial charge in [-0.3, -0.25) is 9.59 Å². The molecule has 1 atom stereocenters. The second-order valence-electron chi connectivity index (χ2n) is 9.87. The maximum Gasteiger partial charge on any atom is 0.295 e. The van der Waals surface area contributed by atoms with E-state index in [2.05, 4.69) is 32.6 Å². The first-order chi connectivity index (χ1) is 18.9. The Kier molecular flexibility index (Phi) is 11.9. The van der Waals surface area contributed by atoms with Gasteiger partial charge in [0.1, 0.15) is 17.3 Å². The zero-order valence-electron chi connectivity index (χ0n) is 23.9. The summed E-state index contributed by atoms with van der Waals surface area (Å²) in [6.45, 7) is 12.8. The third kappa shape index (κ3) is 7.85. The largest absolute Gasteiger partial charge is 0.507 e. The Morgan fingerprint density at radius 1 is 0.821 bits per heavy atom. The van der Waals surface area contributed by atoms with Gasteiger partial charge in [-0.05, 0) is 80.9 Å². The zero-order valence-corrected chi connectivity index (χ0v) is 23.9. The van der Waals surface area contributed by atoms with Crippen molar-refractivity contribution in [3.63, 3.8) is 0 Å². The Labute approximate surface area is 233 Å². The fourth-order valence-electron chi connectivity index (χ4n) is 4.74. The van der Waals surface area contributed by atoms with Gasteiger partial charge in [-0.1, -0.05) is 52.7 Å². The van der Waals surface area contributed by atoms with E-state index in [4.69, 9.17) is 9.47 Å². The van der Waals surface area contributed by atoms with Crippen molar-refractivity contribution >= 4 is 17.4 Å². The van der Waals surface area contributed by atoms with Crippen LogP contribution in [0.15, 0.2) is 54.1 Å². The van der Waals surface area contributed by atoms with Crippen LogP contribution in [0.1, 0.15) is 77.0 Å². The molecule has 1 unspecified atom stereocenters. The van der Waals surface area contributed by atoms with Crippen LogP contribution in [0.2, 0.25) is 0 Å². The van der Waals surface area contributed by atoms with E-state index < -0.39 is 17.7 Å². The molecule has 212 valence electrons. The predicted octanol–water partition coefficient (Wildman–Crippen LogP) is 6.20. The molecule has 7 nitrogen and oxygen atoms in total. The Hall–Kier alpha value is -3.32. The number of carbonyl (C=O) groups excluding carboxylic acids is 2. The van der Waals surface area contributed by atoms with E-state index >= 15 is 0 Å². The molecule has 2 aromatic carbocycles. The van der Waals surface area contributed by atoms with Crippen molar-refractivity contribution in [3.05, 3.63) is 65.2 Å². The van der Waals surface area contributed by atoms with Gasteiger partial charge in [-0.25, -0.2) is 0 Å². The Morgan fingerprint density at radius 2 is 1.36 bits per heavy atom. The van der Waals surface area contributed by atoms with Crippen LogP contribution in [0, 0.1) is 0 Å². The quantitative estimate of drug-likeness (QED) is 0.119. The van der Waals surface area contributed by atoms with Gasteiger partial charge in [0.2, 0.25) is 0 Å². The summed E-state index contributed by atoms with van der Waals surface area (Å²) in [7, 11) is 0. The van der Waals surface area contributed by atoms with Gasteiger partial charge in [0.15, 0.2) is 0 Å². The predicted molar refractivity (Wildman–Crippen MR) is 155 cm³/mol. The van der Waals surface area contributed by atoms with Gasteiger partial charge in [-0.15, -0.1) is 0 Å². The fourth-order valence-corrected chi connectivity index (χ4v) is 4.74. The average molecular weight is 537 g/mol. The second kappa shape index (κ2) is 15.3. The summed E-state index contributed by atoms with van der Waals surface area (Å²) in [5.41, 5.74) is 1.35. The Morgan fingerprint density at radius 3 is 1.87 bits per heavy atom. The number of nitrogens with zero attached hydrogens (tertiary/aromatic N) is 2. The van der Waals surface area contributed by atoms with Crippen molar-refractivity contribution in [1.82, 2.24) is 9.80 Å². The van der Waals surface area contributed by atoms with Gasteiger partial charge in [-0.2, -0.15) is 0 Å². The average Bonchev–Trinajstić information content (AvgIpc) is 3.21. The van der Waals surface area contributed by atoms with Crippen LogP contribution in [-0.4, -0.2) is 66.0 Å². The summed E-state index contributed by atoms with van der Waals surface area (Å²) in [6.07, 6.45) is 4.75. The smallest absolute Gasteiger partial charge is 0.295 e. The molecule has 39 heavy (non-hydrogen) atoms. The summed E-state index contributed by atoms with van der Waals surface area (Å²) in [5.74, 6) is 0.0279. The summed E-state index contributed by atoms with van der Waals surface area (Å²) in [5, 5.41) is 11.4. The molecule has 1 fully saturated rings. The van der Waals surface area contributed by atoms with Crippen LogP contribution in [0.4, 0.5) is 0 Å². The summed E-state index contributed by atoms with van der Waals surface area (Å²) in [4.78, 5) is 30.5. The lowest BCUT2D eigenvalue weighted by Gasteiger charge is -2.27. The SMILES string of the molecule is CCCCOc1ccc(C(O)=C2C(=O)C(=O)N(CCCN(CC)CC)C2c2ccc(OCCCC)cc2)cc1. The molecule has 0 bridgehead atoms. The molecule has 1 aliphatic rings. The molecular weight excluding hydrogens is 492 g/mol. The van der Waals surface area contributed by atoms with Gasteiger partial charge in [0.05, 0.1) is 24.8 Å². The van der Waals surface area contributed by atoms with E-state index in [9.17, 15) is 14.7 Å². The molecule has 0 saturated carbocycles. The molecule has 1 amide bonds. The van der Waals surface area contributed by atoms with Crippen LogP contribution in [-0.2, 0) is 9.59 Å². The molecule has 0 aromatic heterocycles. The van der Waals surface area contributed by atoms with E-state index in [1.54, 1.807) is 29.2 Å². The van der Waals surface area contributed by atoms with E-state index in [-0.39, 0.29) is 11.3 Å². The highest BCUT2D eigenvalue weighted by Crippen LogP contribution is 2.40. The van der Waals surface area contributed by atoms with Crippen molar-refractivity contribution in [2.24, 2.45) is 0 Å². The number of unbranched alkanes of at least 4 members (excludes halogenated alkanes) is 2. The molecule has 7 heteroatoms. The number of ether oxygens (including phenoxy) is 2. The third-order valence-electron chi connectivity index (χ3n) is 7.16. The highest BCUT2D eigenvalue weighted by atomic mass is 16.5. The fraction of sp³-hybridized carbons (Fsp3) is 0.500. The summed E-state index contributed by atoms with van der Waals surface area (Å²) in [6, 6.07) is 13.8. The number of Topliss-reactive ketones (excluding diaryl/α,β-unsaturated/α-hetero) is 1. The van der Waals surface area contributed by atoms with Crippen molar-refractivity contribution in [2.45, 2.75) is 65.8 Å².